The van der Waals surface area contributed by atoms with Crippen LogP contribution < -0.4 is 5.32 Å². The van der Waals surface area contributed by atoms with Crippen LogP contribution in [0.5, 0.6) is 0 Å². The summed E-state index contributed by atoms with van der Waals surface area (Å²) in [4.78, 5) is 0. The average molecular weight is 309 g/mol. The Morgan fingerprint density at radius 2 is 1.25 bits per heavy atom. The van der Waals surface area contributed by atoms with Crippen LogP contribution in [0.2, 0.25) is 0 Å². The van der Waals surface area contributed by atoms with E-state index in [0.717, 1.165) is 33.3 Å². The summed E-state index contributed by atoms with van der Waals surface area (Å²) in [6.45, 7) is 0. The molecule has 0 spiro atoms. The van der Waals surface area contributed by atoms with Gasteiger partial charge in [0.1, 0.15) is 11.2 Å². The molecule has 0 unspecified atom stereocenters. The first-order valence-corrected chi connectivity index (χ1v) is 8.04. The Kier molecular flexibility index (Phi) is 2.83. The molecule has 0 fully saturated rings. The fourth-order valence-electron chi connectivity index (χ4n) is 3.24. The van der Waals surface area contributed by atoms with Crippen LogP contribution >= 0.6 is 0 Å². The van der Waals surface area contributed by atoms with E-state index in [4.69, 9.17) is 4.42 Å². The van der Waals surface area contributed by atoms with Gasteiger partial charge in [-0.1, -0.05) is 48.5 Å². The molecule has 0 aliphatic carbocycles. The van der Waals surface area contributed by atoms with E-state index >= 15 is 0 Å². The molecule has 0 atom stereocenters. The van der Waals surface area contributed by atoms with Gasteiger partial charge in [-0.3, -0.25) is 0 Å². The summed E-state index contributed by atoms with van der Waals surface area (Å²) in [5.41, 5.74) is 3.93. The molecule has 0 aliphatic rings. The SMILES string of the molecule is c1ccc2cc(Nc3ccc4c(c3)oc3ccccc34)ccc2c1. The van der Waals surface area contributed by atoms with Crippen molar-refractivity contribution in [1.29, 1.82) is 0 Å². The van der Waals surface area contributed by atoms with Crippen molar-refractivity contribution in [2.75, 3.05) is 5.32 Å². The first-order valence-electron chi connectivity index (χ1n) is 8.04. The van der Waals surface area contributed by atoms with Crippen LogP contribution in [0.25, 0.3) is 32.7 Å². The van der Waals surface area contributed by atoms with E-state index < -0.39 is 0 Å². The van der Waals surface area contributed by atoms with E-state index in [-0.39, 0.29) is 0 Å². The van der Waals surface area contributed by atoms with Gasteiger partial charge in [0.05, 0.1) is 0 Å². The quantitative estimate of drug-likeness (QED) is 0.403. The van der Waals surface area contributed by atoms with Gasteiger partial charge in [-0.25, -0.2) is 0 Å². The van der Waals surface area contributed by atoms with Crippen molar-refractivity contribution in [3.05, 3.63) is 84.9 Å². The second-order valence-corrected chi connectivity index (χ2v) is 6.00. The predicted octanol–water partition coefficient (Wildman–Crippen LogP) is 6.48. The Hall–Kier alpha value is -3.26. The molecule has 2 nitrogen and oxygen atoms in total. The van der Waals surface area contributed by atoms with Crippen LogP contribution in [0, 0.1) is 0 Å². The summed E-state index contributed by atoms with van der Waals surface area (Å²) in [5, 5.41) is 8.25. The van der Waals surface area contributed by atoms with Gasteiger partial charge < -0.3 is 9.73 Å². The molecule has 5 rings (SSSR count). The Labute approximate surface area is 139 Å². The van der Waals surface area contributed by atoms with Crippen LogP contribution in [0.15, 0.2) is 89.3 Å². The van der Waals surface area contributed by atoms with Gasteiger partial charge in [-0.05, 0) is 41.1 Å². The number of hydrogen-bond acceptors (Lipinski definition) is 2. The second-order valence-electron chi connectivity index (χ2n) is 6.00. The van der Waals surface area contributed by atoms with E-state index in [9.17, 15) is 0 Å². The minimum absolute atomic E-state index is 0.905. The highest BCUT2D eigenvalue weighted by Gasteiger charge is 2.07. The lowest BCUT2D eigenvalue weighted by atomic mass is 10.1. The third-order valence-corrected chi connectivity index (χ3v) is 4.42. The van der Waals surface area contributed by atoms with E-state index in [1.165, 1.54) is 10.8 Å². The molecule has 0 aliphatic heterocycles. The number of anilines is 2. The highest BCUT2D eigenvalue weighted by Crippen LogP contribution is 2.31. The highest BCUT2D eigenvalue weighted by molar-refractivity contribution is 6.05. The molecule has 1 heterocycles. The standard InChI is InChI=1S/C22H15NO/c1-2-6-16-13-17(10-9-15(16)5-1)23-18-11-12-20-19-7-3-4-8-21(19)24-22(20)14-18/h1-14,23H. The molecule has 114 valence electrons. The van der Waals surface area contributed by atoms with Gasteiger partial charge in [0, 0.05) is 28.2 Å². The number of furan rings is 1. The van der Waals surface area contributed by atoms with Crippen molar-refractivity contribution >= 4 is 44.1 Å². The number of benzene rings is 4. The molecule has 4 aromatic carbocycles. The van der Waals surface area contributed by atoms with Crippen molar-refractivity contribution in [1.82, 2.24) is 0 Å². The fourth-order valence-corrected chi connectivity index (χ4v) is 3.24. The normalized spacial score (nSPS) is 11.3. The van der Waals surface area contributed by atoms with Gasteiger partial charge in [-0.2, -0.15) is 0 Å². The lowest BCUT2D eigenvalue weighted by Gasteiger charge is -2.07. The summed E-state index contributed by atoms with van der Waals surface area (Å²) < 4.78 is 5.96. The average Bonchev–Trinajstić information content (AvgIpc) is 2.99. The minimum Gasteiger partial charge on any atom is -0.456 e. The van der Waals surface area contributed by atoms with E-state index in [2.05, 4.69) is 72.0 Å². The Morgan fingerprint density at radius 1 is 0.542 bits per heavy atom. The lowest BCUT2D eigenvalue weighted by molar-refractivity contribution is 0.669. The third-order valence-electron chi connectivity index (χ3n) is 4.42. The topological polar surface area (TPSA) is 25.2 Å². The van der Waals surface area contributed by atoms with Crippen LogP contribution in [-0.2, 0) is 0 Å². The van der Waals surface area contributed by atoms with Gasteiger partial charge in [0.15, 0.2) is 0 Å². The summed E-state index contributed by atoms with van der Waals surface area (Å²) >= 11 is 0. The lowest BCUT2D eigenvalue weighted by Crippen LogP contribution is -1.89. The molecule has 0 amide bonds. The number of para-hydroxylation sites is 1. The maximum Gasteiger partial charge on any atom is 0.137 e. The largest absolute Gasteiger partial charge is 0.456 e. The van der Waals surface area contributed by atoms with Crippen molar-refractivity contribution in [2.24, 2.45) is 0 Å². The van der Waals surface area contributed by atoms with Crippen LogP contribution in [0.3, 0.4) is 0 Å². The number of nitrogens with one attached hydrogen (secondary N) is 1. The maximum atomic E-state index is 5.96. The predicted molar refractivity (Wildman–Crippen MR) is 101 cm³/mol. The van der Waals surface area contributed by atoms with Crippen LogP contribution in [-0.4, -0.2) is 0 Å². The summed E-state index contributed by atoms with van der Waals surface area (Å²) in [5.74, 6) is 0. The number of rotatable bonds is 2. The molecule has 0 bridgehead atoms. The molecule has 5 aromatic rings. The summed E-state index contributed by atoms with van der Waals surface area (Å²) in [6.07, 6.45) is 0. The molecule has 1 N–H and O–H groups in total. The zero-order valence-corrected chi connectivity index (χ0v) is 13.0. The molecular weight excluding hydrogens is 294 g/mol. The second kappa shape index (κ2) is 5.14. The third kappa shape index (κ3) is 2.12. The van der Waals surface area contributed by atoms with Crippen LogP contribution in [0.1, 0.15) is 0 Å². The smallest absolute Gasteiger partial charge is 0.137 e. The fraction of sp³-hybridized carbons (Fsp3) is 0. The zero-order chi connectivity index (χ0) is 15.9. The summed E-state index contributed by atoms with van der Waals surface area (Å²) in [6, 6.07) is 29.2. The van der Waals surface area contributed by atoms with Gasteiger partial charge in [0.2, 0.25) is 0 Å². The van der Waals surface area contributed by atoms with Crippen molar-refractivity contribution in [2.45, 2.75) is 0 Å². The number of fused-ring (bicyclic) bond motifs is 4. The first-order chi connectivity index (χ1) is 11.9. The van der Waals surface area contributed by atoms with Gasteiger partial charge in [0.25, 0.3) is 0 Å². The van der Waals surface area contributed by atoms with Gasteiger partial charge in [-0.15, -0.1) is 0 Å². The van der Waals surface area contributed by atoms with Gasteiger partial charge >= 0.3 is 0 Å². The monoisotopic (exact) mass is 309 g/mol. The van der Waals surface area contributed by atoms with Crippen molar-refractivity contribution < 1.29 is 4.42 Å². The molecule has 0 saturated heterocycles. The Morgan fingerprint density at radius 3 is 2.21 bits per heavy atom. The van der Waals surface area contributed by atoms with E-state index in [1.807, 2.05) is 18.2 Å². The molecule has 0 saturated carbocycles. The minimum atomic E-state index is 0.905. The highest BCUT2D eigenvalue weighted by atomic mass is 16.3. The van der Waals surface area contributed by atoms with E-state index in [0.29, 0.717) is 0 Å². The van der Waals surface area contributed by atoms with Crippen molar-refractivity contribution in [3.63, 3.8) is 0 Å². The van der Waals surface area contributed by atoms with Crippen LogP contribution in [0.4, 0.5) is 11.4 Å². The molecule has 0 radical (unpaired) electrons. The molecule has 2 heteroatoms. The zero-order valence-electron chi connectivity index (χ0n) is 13.0. The molecule has 1 aromatic heterocycles. The maximum absolute atomic E-state index is 5.96. The molecular formula is C22H15NO. The van der Waals surface area contributed by atoms with E-state index in [1.54, 1.807) is 0 Å². The van der Waals surface area contributed by atoms with Crippen molar-refractivity contribution in [3.8, 4) is 0 Å². The summed E-state index contributed by atoms with van der Waals surface area (Å²) in [7, 11) is 0. The number of hydrogen-bond donors (Lipinski definition) is 1. The Bertz CT molecular complexity index is 1190. The molecule has 24 heavy (non-hydrogen) atoms. The first kappa shape index (κ1) is 13.2. The Balaban J connectivity index is 1.56.